The smallest absolute Gasteiger partial charge is 0.135 e. The van der Waals surface area contributed by atoms with E-state index in [0.717, 1.165) is 35.1 Å². The van der Waals surface area contributed by atoms with Crippen molar-refractivity contribution in [1.82, 2.24) is 9.88 Å². The topological polar surface area (TPSA) is 25.4 Å². The summed E-state index contributed by atoms with van der Waals surface area (Å²) in [6.45, 7) is 4.26. The maximum Gasteiger partial charge on any atom is 0.135 e. The Balaban J connectivity index is 1.59. The third-order valence-corrected chi connectivity index (χ3v) is 5.07. The summed E-state index contributed by atoms with van der Waals surface area (Å²) in [7, 11) is 0. The van der Waals surface area contributed by atoms with Crippen molar-refractivity contribution in [3.05, 3.63) is 75.4 Å². The normalized spacial score (nSPS) is 18.1. The minimum Gasteiger partial charge on any atom is -0.357 e. The summed E-state index contributed by atoms with van der Waals surface area (Å²) in [6.07, 6.45) is -0.0765. The first-order chi connectivity index (χ1) is 12.1. The van der Waals surface area contributed by atoms with Gasteiger partial charge in [-0.2, -0.15) is 0 Å². The van der Waals surface area contributed by atoms with Crippen molar-refractivity contribution in [2.75, 3.05) is 13.3 Å². The second kappa shape index (κ2) is 6.93. The van der Waals surface area contributed by atoms with Gasteiger partial charge >= 0.3 is 0 Å². The second-order valence-corrected chi connectivity index (χ2v) is 7.23. The maximum absolute atomic E-state index is 6.43. The molecule has 0 saturated carbocycles. The Morgan fingerprint density at radius 1 is 1.16 bits per heavy atom. The van der Waals surface area contributed by atoms with Crippen LogP contribution in [0.4, 0.5) is 0 Å². The zero-order chi connectivity index (χ0) is 17.4. The van der Waals surface area contributed by atoms with Crippen LogP contribution in [0.2, 0.25) is 10.2 Å². The molecule has 1 aliphatic rings. The number of hydrogen-bond donors (Lipinski definition) is 0. The Bertz CT molecular complexity index is 914. The van der Waals surface area contributed by atoms with Gasteiger partial charge in [0.25, 0.3) is 0 Å². The van der Waals surface area contributed by atoms with Crippen molar-refractivity contribution < 1.29 is 4.74 Å². The molecule has 1 saturated heterocycles. The molecular weight excluding hydrogens is 355 g/mol. The van der Waals surface area contributed by atoms with Gasteiger partial charge in [0.1, 0.15) is 11.9 Å². The van der Waals surface area contributed by atoms with E-state index < -0.39 is 0 Å². The largest absolute Gasteiger partial charge is 0.357 e. The first-order valence-corrected chi connectivity index (χ1v) is 9.00. The number of benzene rings is 2. The third-order valence-electron chi connectivity index (χ3n) is 4.47. The summed E-state index contributed by atoms with van der Waals surface area (Å²) in [5.74, 6) is 0. The van der Waals surface area contributed by atoms with Crippen LogP contribution in [-0.4, -0.2) is 23.2 Å². The molecule has 0 aliphatic carbocycles. The van der Waals surface area contributed by atoms with Crippen LogP contribution >= 0.6 is 23.2 Å². The number of fused-ring (bicyclic) bond motifs is 1. The monoisotopic (exact) mass is 372 g/mol. The van der Waals surface area contributed by atoms with Crippen LogP contribution in [0.3, 0.4) is 0 Å². The molecule has 3 nitrogen and oxygen atoms in total. The molecule has 0 N–H and O–H groups in total. The molecule has 0 amide bonds. The molecule has 1 atom stereocenters. The molecule has 0 radical (unpaired) electrons. The Kier molecular flexibility index (Phi) is 4.65. The minimum atomic E-state index is -0.0765. The lowest BCUT2D eigenvalue weighted by molar-refractivity contribution is 0.0880. The molecule has 128 valence electrons. The number of halogens is 2. The SMILES string of the molecule is Cc1cc(Cl)c2nc(Cl)c(C3CN(Cc4ccccc4)CO3)cc2c1. The van der Waals surface area contributed by atoms with Gasteiger partial charge in [0, 0.05) is 24.0 Å². The summed E-state index contributed by atoms with van der Waals surface area (Å²) >= 11 is 12.7. The summed E-state index contributed by atoms with van der Waals surface area (Å²) in [5.41, 5.74) is 4.04. The molecule has 1 aromatic heterocycles. The Morgan fingerprint density at radius 2 is 1.96 bits per heavy atom. The molecule has 1 aliphatic heterocycles. The molecular formula is C20H18Cl2N2O. The quantitative estimate of drug-likeness (QED) is 0.577. The number of aromatic nitrogens is 1. The van der Waals surface area contributed by atoms with E-state index in [2.05, 4.69) is 46.3 Å². The van der Waals surface area contributed by atoms with E-state index in [1.54, 1.807) is 0 Å². The number of aryl methyl sites for hydroxylation is 1. The van der Waals surface area contributed by atoms with E-state index in [4.69, 9.17) is 27.9 Å². The number of hydrogen-bond acceptors (Lipinski definition) is 3. The van der Waals surface area contributed by atoms with Crippen molar-refractivity contribution in [1.29, 1.82) is 0 Å². The molecule has 5 heteroatoms. The lowest BCUT2D eigenvalue weighted by Crippen LogP contribution is -2.19. The third kappa shape index (κ3) is 3.51. The van der Waals surface area contributed by atoms with E-state index in [0.29, 0.717) is 16.9 Å². The highest BCUT2D eigenvalue weighted by molar-refractivity contribution is 6.36. The van der Waals surface area contributed by atoms with E-state index in [1.165, 1.54) is 5.56 Å². The fourth-order valence-corrected chi connectivity index (χ4v) is 3.86. The summed E-state index contributed by atoms with van der Waals surface area (Å²) in [5, 5.41) is 2.08. The molecule has 3 aromatic rings. The molecule has 1 unspecified atom stereocenters. The first-order valence-electron chi connectivity index (χ1n) is 8.24. The zero-order valence-corrected chi connectivity index (χ0v) is 15.4. The summed E-state index contributed by atoms with van der Waals surface area (Å²) in [6, 6.07) is 16.4. The van der Waals surface area contributed by atoms with Crippen LogP contribution in [0.5, 0.6) is 0 Å². The van der Waals surface area contributed by atoms with E-state index >= 15 is 0 Å². The molecule has 1 fully saturated rings. The van der Waals surface area contributed by atoms with E-state index in [9.17, 15) is 0 Å². The van der Waals surface area contributed by atoms with Gasteiger partial charge in [0.05, 0.1) is 16.6 Å². The molecule has 2 heterocycles. The molecule has 4 rings (SSSR count). The number of rotatable bonds is 3. The van der Waals surface area contributed by atoms with Crippen LogP contribution in [-0.2, 0) is 11.3 Å². The van der Waals surface area contributed by atoms with Crippen molar-refractivity contribution >= 4 is 34.1 Å². The maximum atomic E-state index is 6.43. The minimum absolute atomic E-state index is 0.0765. The average molecular weight is 373 g/mol. The van der Waals surface area contributed by atoms with Crippen LogP contribution in [0, 0.1) is 6.92 Å². The molecule has 0 bridgehead atoms. The lowest BCUT2D eigenvalue weighted by atomic mass is 10.1. The predicted octanol–water partition coefficient (Wildman–Crippen LogP) is 5.38. The average Bonchev–Trinajstić information content (AvgIpc) is 3.04. The highest BCUT2D eigenvalue weighted by Crippen LogP contribution is 2.34. The number of nitrogens with zero attached hydrogens (tertiary/aromatic N) is 2. The van der Waals surface area contributed by atoms with Gasteiger partial charge in [-0.15, -0.1) is 0 Å². The van der Waals surface area contributed by atoms with E-state index in [1.807, 2.05) is 19.1 Å². The van der Waals surface area contributed by atoms with Gasteiger partial charge < -0.3 is 4.74 Å². The van der Waals surface area contributed by atoms with Crippen LogP contribution in [0.1, 0.15) is 22.8 Å². The fraction of sp³-hybridized carbons (Fsp3) is 0.250. The predicted molar refractivity (Wildman–Crippen MR) is 102 cm³/mol. The van der Waals surface area contributed by atoms with Gasteiger partial charge in [0.15, 0.2) is 0 Å². The highest BCUT2D eigenvalue weighted by atomic mass is 35.5. The number of pyridine rings is 1. The van der Waals surface area contributed by atoms with Gasteiger partial charge in [-0.05, 0) is 36.2 Å². The number of ether oxygens (including phenoxy) is 1. The van der Waals surface area contributed by atoms with Crippen LogP contribution in [0.25, 0.3) is 10.9 Å². The lowest BCUT2D eigenvalue weighted by Gasteiger charge is -2.15. The Morgan fingerprint density at radius 3 is 2.76 bits per heavy atom. The molecule has 25 heavy (non-hydrogen) atoms. The van der Waals surface area contributed by atoms with Gasteiger partial charge in [-0.25, -0.2) is 4.98 Å². The zero-order valence-electron chi connectivity index (χ0n) is 13.9. The highest BCUT2D eigenvalue weighted by Gasteiger charge is 2.27. The van der Waals surface area contributed by atoms with Crippen LogP contribution in [0.15, 0.2) is 48.5 Å². The van der Waals surface area contributed by atoms with Crippen molar-refractivity contribution in [2.24, 2.45) is 0 Å². The van der Waals surface area contributed by atoms with Gasteiger partial charge in [0.2, 0.25) is 0 Å². The Hall–Kier alpha value is -1.65. The molecule has 0 spiro atoms. The van der Waals surface area contributed by atoms with Gasteiger partial charge in [-0.1, -0.05) is 53.5 Å². The standard InChI is InChI=1S/C20H18Cl2N2O/c1-13-7-15-9-16(20(22)23-19(15)17(21)8-13)18-11-24(12-25-18)10-14-5-3-2-4-6-14/h2-9,18H,10-12H2,1H3. The second-order valence-electron chi connectivity index (χ2n) is 6.47. The fourth-order valence-electron chi connectivity index (χ4n) is 3.28. The van der Waals surface area contributed by atoms with Crippen molar-refractivity contribution in [3.63, 3.8) is 0 Å². The first kappa shape index (κ1) is 16.8. The Labute approximate surface area is 157 Å². The van der Waals surface area contributed by atoms with Gasteiger partial charge in [-0.3, -0.25) is 4.90 Å². The van der Waals surface area contributed by atoms with Crippen LogP contribution < -0.4 is 0 Å². The molecule has 2 aromatic carbocycles. The van der Waals surface area contributed by atoms with E-state index in [-0.39, 0.29) is 6.10 Å². The van der Waals surface area contributed by atoms with Crippen molar-refractivity contribution in [3.8, 4) is 0 Å². The summed E-state index contributed by atoms with van der Waals surface area (Å²) < 4.78 is 5.98. The van der Waals surface area contributed by atoms with Crippen molar-refractivity contribution in [2.45, 2.75) is 19.6 Å². The summed E-state index contributed by atoms with van der Waals surface area (Å²) in [4.78, 5) is 6.77.